The molecule has 2 aromatic rings. The standard InChI is InChI=1S/C14H15N3O/c15-7-12-8-17-14(9-16-12)18-13-5-4-10-2-1-3-11(10)6-13/h4-6,8-9H,1-3,7,15H2. The average Bonchev–Trinajstić information content (AvgIpc) is 2.87. The number of hydrogen-bond donors (Lipinski definition) is 1. The van der Waals surface area contributed by atoms with Crippen molar-refractivity contribution in [1.82, 2.24) is 9.97 Å². The van der Waals surface area contributed by atoms with Crippen molar-refractivity contribution in [3.8, 4) is 11.6 Å². The van der Waals surface area contributed by atoms with E-state index in [0.717, 1.165) is 17.9 Å². The summed E-state index contributed by atoms with van der Waals surface area (Å²) in [6, 6.07) is 6.23. The normalized spacial score (nSPS) is 13.4. The highest BCUT2D eigenvalue weighted by molar-refractivity contribution is 5.39. The van der Waals surface area contributed by atoms with E-state index in [1.165, 1.54) is 24.0 Å². The van der Waals surface area contributed by atoms with Crippen LogP contribution in [-0.2, 0) is 19.4 Å². The van der Waals surface area contributed by atoms with Gasteiger partial charge in [0.2, 0.25) is 5.88 Å². The van der Waals surface area contributed by atoms with Crippen molar-refractivity contribution in [2.24, 2.45) is 5.73 Å². The summed E-state index contributed by atoms with van der Waals surface area (Å²) in [6.07, 6.45) is 6.81. The predicted octanol–water partition coefficient (Wildman–Crippen LogP) is 2.22. The van der Waals surface area contributed by atoms with Crippen molar-refractivity contribution in [2.45, 2.75) is 25.8 Å². The van der Waals surface area contributed by atoms with Crippen LogP contribution in [0.5, 0.6) is 11.6 Å². The highest BCUT2D eigenvalue weighted by atomic mass is 16.5. The second-order valence-electron chi connectivity index (χ2n) is 4.44. The summed E-state index contributed by atoms with van der Waals surface area (Å²) in [4.78, 5) is 8.33. The first-order valence-corrected chi connectivity index (χ1v) is 6.16. The van der Waals surface area contributed by atoms with Gasteiger partial charge in [0.15, 0.2) is 0 Å². The summed E-state index contributed by atoms with van der Waals surface area (Å²) in [5.41, 5.74) is 9.06. The number of aromatic nitrogens is 2. The fourth-order valence-corrected chi connectivity index (χ4v) is 2.23. The Bertz CT molecular complexity index is 551. The first kappa shape index (κ1) is 11.2. The van der Waals surface area contributed by atoms with Crippen LogP contribution in [0.3, 0.4) is 0 Å². The SMILES string of the molecule is NCc1cnc(Oc2ccc3c(c2)CCC3)cn1. The van der Waals surface area contributed by atoms with Gasteiger partial charge in [0.05, 0.1) is 18.1 Å². The first-order valence-electron chi connectivity index (χ1n) is 6.16. The number of aryl methyl sites for hydroxylation is 2. The van der Waals surface area contributed by atoms with Crippen LogP contribution in [0, 0.1) is 0 Å². The zero-order valence-corrected chi connectivity index (χ0v) is 10.1. The van der Waals surface area contributed by atoms with Crippen LogP contribution in [0.4, 0.5) is 0 Å². The molecule has 1 aromatic carbocycles. The van der Waals surface area contributed by atoms with Gasteiger partial charge in [0.25, 0.3) is 0 Å². The van der Waals surface area contributed by atoms with Crippen LogP contribution < -0.4 is 10.5 Å². The van der Waals surface area contributed by atoms with E-state index in [-0.39, 0.29) is 0 Å². The fraction of sp³-hybridized carbons (Fsp3) is 0.286. The second-order valence-corrected chi connectivity index (χ2v) is 4.44. The van der Waals surface area contributed by atoms with E-state index in [1.54, 1.807) is 12.4 Å². The summed E-state index contributed by atoms with van der Waals surface area (Å²) >= 11 is 0. The molecule has 0 saturated carbocycles. The molecule has 4 heteroatoms. The van der Waals surface area contributed by atoms with Crippen molar-refractivity contribution >= 4 is 0 Å². The van der Waals surface area contributed by atoms with Gasteiger partial charge in [-0.1, -0.05) is 6.07 Å². The van der Waals surface area contributed by atoms with E-state index in [4.69, 9.17) is 10.5 Å². The second kappa shape index (κ2) is 4.74. The monoisotopic (exact) mass is 241 g/mol. The Labute approximate surface area is 106 Å². The molecule has 3 rings (SSSR count). The van der Waals surface area contributed by atoms with E-state index in [1.807, 2.05) is 6.07 Å². The van der Waals surface area contributed by atoms with Gasteiger partial charge in [-0.05, 0) is 42.5 Å². The molecular formula is C14H15N3O. The van der Waals surface area contributed by atoms with E-state index in [9.17, 15) is 0 Å². The largest absolute Gasteiger partial charge is 0.437 e. The molecule has 2 N–H and O–H groups in total. The molecule has 0 saturated heterocycles. The molecule has 4 nitrogen and oxygen atoms in total. The Morgan fingerprint density at radius 1 is 1.11 bits per heavy atom. The molecule has 0 bridgehead atoms. The number of benzene rings is 1. The summed E-state index contributed by atoms with van der Waals surface area (Å²) in [5, 5.41) is 0. The molecule has 0 fully saturated rings. The summed E-state index contributed by atoms with van der Waals surface area (Å²) in [5.74, 6) is 1.33. The number of fused-ring (bicyclic) bond motifs is 1. The van der Waals surface area contributed by atoms with Crippen LogP contribution >= 0.6 is 0 Å². The number of nitrogens with zero attached hydrogens (tertiary/aromatic N) is 2. The van der Waals surface area contributed by atoms with Crippen LogP contribution in [0.1, 0.15) is 23.2 Å². The van der Waals surface area contributed by atoms with E-state index < -0.39 is 0 Å². The molecule has 18 heavy (non-hydrogen) atoms. The number of rotatable bonds is 3. The van der Waals surface area contributed by atoms with E-state index in [2.05, 4.69) is 22.1 Å². The Hall–Kier alpha value is -1.94. The van der Waals surface area contributed by atoms with Gasteiger partial charge in [-0.15, -0.1) is 0 Å². The summed E-state index contributed by atoms with van der Waals surface area (Å²) < 4.78 is 5.69. The minimum Gasteiger partial charge on any atom is -0.437 e. The zero-order valence-electron chi connectivity index (χ0n) is 10.1. The molecule has 0 unspecified atom stereocenters. The number of hydrogen-bond acceptors (Lipinski definition) is 4. The Balaban J connectivity index is 1.79. The molecule has 1 aromatic heterocycles. The molecule has 0 amide bonds. The van der Waals surface area contributed by atoms with E-state index in [0.29, 0.717) is 12.4 Å². The van der Waals surface area contributed by atoms with Crippen LogP contribution in [0.2, 0.25) is 0 Å². The molecular weight excluding hydrogens is 226 g/mol. The lowest BCUT2D eigenvalue weighted by molar-refractivity contribution is 0.458. The van der Waals surface area contributed by atoms with Gasteiger partial charge >= 0.3 is 0 Å². The molecule has 1 heterocycles. The Morgan fingerprint density at radius 2 is 2.00 bits per heavy atom. The topological polar surface area (TPSA) is 61.0 Å². The van der Waals surface area contributed by atoms with E-state index >= 15 is 0 Å². The Morgan fingerprint density at radius 3 is 2.78 bits per heavy atom. The summed E-state index contributed by atoms with van der Waals surface area (Å²) in [7, 11) is 0. The van der Waals surface area contributed by atoms with Crippen molar-refractivity contribution in [3.05, 3.63) is 47.4 Å². The lowest BCUT2D eigenvalue weighted by Gasteiger charge is -2.06. The first-order chi connectivity index (χ1) is 8.85. The van der Waals surface area contributed by atoms with Crippen molar-refractivity contribution in [2.75, 3.05) is 0 Å². The third kappa shape index (κ3) is 2.19. The van der Waals surface area contributed by atoms with Gasteiger partial charge in [-0.25, -0.2) is 4.98 Å². The van der Waals surface area contributed by atoms with Gasteiger partial charge in [0.1, 0.15) is 5.75 Å². The molecule has 1 aliphatic rings. The minimum atomic E-state index is 0.395. The zero-order chi connectivity index (χ0) is 12.4. The van der Waals surface area contributed by atoms with Crippen LogP contribution in [0.15, 0.2) is 30.6 Å². The number of nitrogens with two attached hydrogens (primary N) is 1. The lowest BCUT2D eigenvalue weighted by atomic mass is 10.1. The highest BCUT2D eigenvalue weighted by Crippen LogP contribution is 2.27. The molecule has 0 aliphatic heterocycles. The molecule has 0 radical (unpaired) electrons. The van der Waals surface area contributed by atoms with Crippen LogP contribution in [-0.4, -0.2) is 9.97 Å². The summed E-state index contributed by atoms with van der Waals surface area (Å²) in [6.45, 7) is 0.395. The smallest absolute Gasteiger partial charge is 0.237 e. The molecule has 0 spiro atoms. The average molecular weight is 241 g/mol. The molecule has 92 valence electrons. The minimum absolute atomic E-state index is 0.395. The maximum atomic E-state index is 5.69. The van der Waals surface area contributed by atoms with Gasteiger partial charge in [-0.2, -0.15) is 0 Å². The maximum absolute atomic E-state index is 5.69. The quantitative estimate of drug-likeness (QED) is 0.895. The third-order valence-electron chi connectivity index (χ3n) is 3.18. The number of ether oxygens (including phenoxy) is 1. The third-order valence-corrected chi connectivity index (χ3v) is 3.18. The maximum Gasteiger partial charge on any atom is 0.237 e. The molecule has 0 atom stereocenters. The highest BCUT2D eigenvalue weighted by Gasteiger charge is 2.11. The predicted molar refractivity (Wildman–Crippen MR) is 68.5 cm³/mol. The van der Waals surface area contributed by atoms with Gasteiger partial charge < -0.3 is 10.5 Å². The van der Waals surface area contributed by atoms with Gasteiger partial charge in [-0.3, -0.25) is 4.98 Å². The lowest BCUT2D eigenvalue weighted by Crippen LogP contribution is -2.00. The van der Waals surface area contributed by atoms with Crippen molar-refractivity contribution in [3.63, 3.8) is 0 Å². The molecule has 1 aliphatic carbocycles. The van der Waals surface area contributed by atoms with Crippen LogP contribution in [0.25, 0.3) is 0 Å². The fourth-order valence-electron chi connectivity index (χ4n) is 2.23. The van der Waals surface area contributed by atoms with Gasteiger partial charge in [0, 0.05) is 6.54 Å². The van der Waals surface area contributed by atoms with Crippen molar-refractivity contribution < 1.29 is 4.74 Å². The van der Waals surface area contributed by atoms with Crippen molar-refractivity contribution in [1.29, 1.82) is 0 Å². The Kier molecular flexibility index (Phi) is 2.94.